The van der Waals surface area contributed by atoms with E-state index in [9.17, 15) is 31.2 Å². The van der Waals surface area contributed by atoms with E-state index in [2.05, 4.69) is 14.8 Å². The molecular formula is C17H16F3N3O5S. The molecule has 0 aliphatic carbocycles. The number of nitrogens with one attached hydrogen (secondary N) is 2. The van der Waals surface area contributed by atoms with Gasteiger partial charge in [-0.1, -0.05) is 0 Å². The molecular weight excluding hydrogens is 415 g/mol. The smallest absolute Gasteiger partial charge is 0.404 e. The summed E-state index contributed by atoms with van der Waals surface area (Å²) in [5.74, 6) is -4.42. The summed E-state index contributed by atoms with van der Waals surface area (Å²) in [6.45, 7) is -0.216. The van der Waals surface area contributed by atoms with Crippen molar-refractivity contribution in [2.75, 3.05) is 18.5 Å². The highest BCUT2D eigenvalue weighted by molar-refractivity contribution is 7.89. The van der Waals surface area contributed by atoms with E-state index in [1.165, 1.54) is 0 Å². The summed E-state index contributed by atoms with van der Waals surface area (Å²) >= 11 is 0. The van der Waals surface area contributed by atoms with Crippen LogP contribution in [0.1, 0.15) is 16.8 Å². The Balaban J connectivity index is 2.12. The first-order chi connectivity index (χ1) is 13.6. The molecule has 0 saturated carbocycles. The van der Waals surface area contributed by atoms with E-state index in [0.717, 1.165) is 30.3 Å². The van der Waals surface area contributed by atoms with Crippen molar-refractivity contribution in [3.8, 4) is 0 Å². The molecule has 0 spiro atoms. The van der Waals surface area contributed by atoms with Crippen molar-refractivity contribution >= 4 is 27.7 Å². The lowest BCUT2D eigenvalue weighted by molar-refractivity contribution is 0.102. The Morgan fingerprint density at radius 1 is 1.00 bits per heavy atom. The molecule has 8 nitrogen and oxygen atoms in total. The highest BCUT2D eigenvalue weighted by Gasteiger charge is 2.20. The van der Waals surface area contributed by atoms with Gasteiger partial charge in [0.15, 0.2) is 11.6 Å². The Kier molecular flexibility index (Phi) is 7.18. The van der Waals surface area contributed by atoms with E-state index < -0.39 is 49.9 Å². The maximum absolute atomic E-state index is 14.0. The minimum absolute atomic E-state index is 0.108. The van der Waals surface area contributed by atoms with E-state index in [0.29, 0.717) is 6.07 Å². The Hall–Kier alpha value is -3.12. The fourth-order valence-corrected chi connectivity index (χ4v) is 3.25. The second kappa shape index (κ2) is 9.39. The van der Waals surface area contributed by atoms with Crippen LogP contribution in [0.4, 0.5) is 23.7 Å². The first kappa shape index (κ1) is 22.2. The quantitative estimate of drug-likeness (QED) is 0.552. The Bertz CT molecular complexity index is 1030. The van der Waals surface area contributed by atoms with E-state index in [1.54, 1.807) is 0 Å². The number of hydrogen-bond donors (Lipinski definition) is 3. The standard InChI is InChI=1S/C17H16F3N3O5S/c18-13-5-3-11(29(26,27)22-6-1-7-28-17(21)25)9-12(13)16(24)23-10-2-4-14(19)15(20)8-10/h2-5,8-9,22H,1,6-7H2,(H2,21,25)(H,23,24). The van der Waals surface area contributed by atoms with E-state index in [4.69, 9.17) is 5.73 Å². The number of anilines is 1. The highest BCUT2D eigenvalue weighted by atomic mass is 32.2. The molecule has 2 aromatic carbocycles. The fourth-order valence-electron chi connectivity index (χ4n) is 2.15. The van der Waals surface area contributed by atoms with Gasteiger partial charge in [0.05, 0.1) is 17.1 Å². The van der Waals surface area contributed by atoms with Crippen molar-refractivity contribution in [3.05, 3.63) is 59.4 Å². The van der Waals surface area contributed by atoms with Gasteiger partial charge in [-0.05, 0) is 36.8 Å². The molecule has 12 heteroatoms. The van der Waals surface area contributed by atoms with Gasteiger partial charge in [-0.3, -0.25) is 4.79 Å². The molecule has 2 rings (SSSR count). The SMILES string of the molecule is NC(=O)OCCCNS(=O)(=O)c1ccc(F)c(C(=O)Nc2ccc(F)c(F)c2)c1. The molecule has 2 amide bonds. The van der Waals surface area contributed by atoms with Gasteiger partial charge in [0.1, 0.15) is 5.82 Å². The lowest BCUT2D eigenvalue weighted by Crippen LogP contribution is -2.27. The number of ether oxygens (including phenoxy) is 1. The molecule has 0 radical (unpaired) electrons. The maximum atomic E-state index is 14.0. The van der Waals surface area contributed by atoms with E-state index in [1.807, 2.05) is 0 Å². The molecule has 4 N–H and O–H groups in total. The Morgan fingerprint density at radius 2 is 1.69 bits per heavy atom. The lowest BCUT2D eigenvalue weighted by atomic mass is 10.2. The minimum atomic E-state index is -4.10. The summed E-state index contributed by atoms with van der Waals surface area (Å²) < 4.78 is 71.4. The largest absolute Gasteiger partial charge is 0.450 e. The maximum Gasteiger partial charge on any atom is 0.404 e. The van der Waals surface area contributed by atoms with Crippen LogP contribution >= 0.6 is 0 Å². The average molecular weight is 431 g/mol. The number of amides is 2. The van der Waals surface area contributed by atoms with Crippen LogP contribution in [0.3, 0.4) is 0 Å². The molecule has 2 aromatic rings. The number of carbonyl (C=O) groups excluding carboxylic acids is 2. The summed E-state index contributed by atoms with van der Waals surface area (Å²) in [6, 6.07) is 5.06. The third-order valence-electron chi connectivity index (χ3n) is 3.53. The number of primary amides is 1. The summed E-state index contributed by atoms with van der Waals surface area (Å²) in [4.78, 5) is 22.3. The summed E-state index contributed by atoms with van der Waals surface area (Å²) in [5.41, 5.74) is 4.01. The van der Waals surface area contributed by atoms with Gasteiger partial charge in [0.2, 0.25) is 10.0 Å². The first-order valence-corrected chi connectivity index (χ1v) is 9.56. The van der Waals surface area contributed by atoms with Gasteiger partial charge >= 0.3 is 6.09 Å². The summed E-state index contributed by atoms with van der Waals surface area (Å²) in [5, 5.41) is 2.16. The molecule has 0 aromatic heterocycles. The molecule has 0 atom stereocenters. The number of halogens is 3. The molecule has 0 fully saturated rings. The van der Waals surface area contributed by atoms with E-state index in [-0.39, 0.29) is 25.3 Å². The van der Waals surface area contributed by atoms with Gasteiger partial charge in [0, 0.05) is 18.3 Å². The number of nitrogens with two attached hydrogens (primary N) is 1. The Labute approximate surface area is 163 Å². The van der Waals surface area contributed by atoms with Crippen LogP contribution in [0.25, 0.3) is 0 Å². The molecule has 29 heavy (non-hydrogen) atoms. The van der Waals surface area contributed by atoms with Gasteiger partial charge in [-0.25, -0.2) is 31.1 Å². The van der Waals surface area contributed by atoms with Crippen LogP contribution in [0.2, 0.25) is 0 Å². The van der Waals surface area contributed by atoms with E-state index >= 15 is 0 Å². The van der Waals surface area contributed by atoms with Crippen molar-refractivity contribution in [2.45, 2.75) is 11.3 Å². The van der Waals surface area contributed by atoms with Crippen LogP contribution in [0, 0.1) is 17.5 Å². The van der Waals surface area contributed by atoms with Crippen molar-refractivity contribution in [1.29, 1.82) is 0 Å². The second-order valence-corrected chi connectivity index (χ2v) is 7.41. The van der Waals surface area contributed by atoms with Crippen molar-refractivity contribution < 1.29 is 35.9 Å². The van der Waals surface area contributed by atoms with Crippen molar-refractivity contribution in [2.24, 2.45) is 5.73 Å². The first-order valence-electron chi connectivity index (χ1n) is 8.08. The molecule has 0 saturated heterocycles. The monoisotopic (exact) mass is 431 g/mol. The highest BCUT2D eigenvalue weighted by Crippen LogP contribution is 2.18. The molecule has 0 aliphatic rings. The molecule has 0 unspecified atom stereocenters. The summed E-state index contributed by atoms with van der Waals surface area (Å²) in [6.07, 6.45) is -0.865. The minimum Gasteiger partial charge on any atom is -0.450 e. The van der Waals surface area contributed by atoms with Crippen molar-refractivity contribution in [3.63, 3.8) is 0 Å². The summed E-state index contributed by atoms with van der Waals surface area (Å²) in [7, 11) is -4.10. The van der Waals surface area contributed by atoms with Gasteiger partial charge in [0.25, 0.3) is 5.91 Å². The zero-order valence-electron chi connectivity index (χ0n) is 14.7. The molecule has 0 bridgehead atoms. The average Bonchev–Trinajstić information content (AvgIpc) is 2.64. The number of benzene rings is 2. The zero-order chi connectivity index (χ0) is 21.6. The van der Waals surface area contributed by atoms with Crippen LogP contribution in [-0.2, 0) is 14.8 Å². The topological polar surface area (TPSA) is 128 Å². The molecule has 0 heterocycles. The van der Waals surface area contributed by atoms with Crippen molar-refractivity contribution in [1.82, 2.24) is 4.72 Å². The van der Waals surface area contributed by atoms with Crippen LogP contribution in [0.5, 0.6) is 0 Å². The fraction of sp³-hybridized carbons (Fsp3) is 0.176. The number of sulfonamides is 1. The van der Waals surface area contributed by atoms with Gasteiger partial charge < -0.3 is 15.8 Å². The molecule has 0 aliphatic heterocycles. The van der Waals surface area contributed by atoms with Crippen LogP contribution in [-0.4, -0.2) is 33.6 Å². The van der Waals surface area contributed by atoms with Gasteiger partial charge in [-0.2, -0.15) is 0 Å². The van der Waals surface area contributed by atoms with Gasteiger partial charge in [-0.15, -0.1) is 0 Å². The Morgan fingerprint density at radius 3 is 2.34 bits per heavy atom. The third-order valence-corrected chi connectivity index (χ3v) is 4.99. The molecule has 156 valence electrons. The zero-order valence-corrected chi connectivity index (χ0v) is 15.6. The number of rotatable bonds is 8. The second-order valence-electron chi connectivity index (χ2n) is 5.64. The predicted molar refractivity (Wildman–Crippen MR) is 96.1 cm³/mol. The van der Waals surface area contributed by atoms with Crippen LogP contribution < -0.4 is 15.8 Å². The normalized spacial score (nSPS) is 11.1. The lowest BCUT2D eigenvalue weighted by Gasteiger charge is -2.10. The third kappa shape index (κ3) is 6.19. The number of carbonyl (C=O) groups is 2. The predicted octanol–water partition coefficient (Wildman–Crippen LogP) is 2.12. The van der Waals surface area contributed by atoms with Crippen LogP contribution in [0.15, 0.2) is 41.3 Å². The number of hydrogen-bond acceptors (Lipinski definition) is 5.